The van der Waals surface area contributed by atoms with Crippen molar-refractivity contribution in [2.75, 3.05) is 0 Å². The molecule has 0 bridgehead atoms. The van der Waals surface area contributed by atoms with Crippen molar-refractivity contribution in [1.29, 1.82) is 0 Å². The van der Waals surface area contributed by atoms with E-state index in [0.29, 0.717) is 0 Å². The lowest BCUT2D eigenvalue weighted by Crippen LogP contribution is -1.97. The Bertz CT molecular complexity index is 9540. The van der Waals surface area contributed by atoms with Gasteiger partial charge in [-0.05, 0) is 207 Å². The summed E-state index contributed by atoms with van der Waals surface area (Å²) in [6.45, 7) is 0. The third kappa shape index (κ3) is 13.7. The molecule has 0 spiro atoms. The van der Waals surface area contributed by atoms with Crippen molar-refractivity contribution in [1.82, 2.24) is 42.4 Å². The minimum Gasteiger partial charge on any atom is -0.309 e. The third-order valence-electron chi connectivity index (χ3n) is 27.5. The number of benzene rings is 19. The van der Waals surface area contributed by atoms with Crippen LogP contribution in [0.3, 0.4) is 0 Å². The molecule has 0 saturated heterocycles. The van der Waals surface area contributed by atoms with Gasteiger partial charge in [0.1, 0.15) is 16.9 Å². The molecule has 0 unspecified atom stereocenters. The summed E-state index contributed by atoms with van der Waals surface area (Å²) >= 11 is 0. The van der Waals surface area contributed by atoms with Crippen molar-refractivity contribution in [3.63, 3.8) is 0 Å². The lowest BCUT2D eigenvalue weighted by molar-refractivity contribution is 1.14. The van der Waals surface area contributed by atoms with Crippen molar-refractivity contribution in [2.45, 2.75) is 0 Å². The smallest absolute Gasteiger partial charge is 0.145 e. The Hall–Kier alpha value is -18.6. The maximum Gasteiger partial charge on any atom is 0.145 e. The number of hydrogen-bond donors (Lipinski definition) is 0. The molecule has 9 aromatic heterocycles. The van der Waals surface area contributed by atoms with E-state index in [9.17, 15) is 0 Å². The monoisotopic (exact) mass is 1760 g/mol. The summed E-state index contributed by atoms with van der Waals surface area (Å²) in [5, 5.41) is 14.5. The Morgan fingerprint density at radius 3 is 0.681 bits per heavy atom. The second-order valence-corrected chi connectivity index (χ2v) is 35.3. The average molecular weight is 1760 g/mol. The highest BCUT2D eigenvalue weighted by Crippen LogP contribution is 2.47. The van der Waals surface area contributed by atoms with Crippen LogP contribution in [0.4, 0.5) is 0 Å². The Morgan fingerprint density at radius 1 is 0.123 bits per heavy atom. The molecule has 9 heterocycles. The molecule has 0 radical (unpaired) electrons. The first kappa shape index (κ1) is 80.3. The number of nitrogens with zero attached hydrogens (tertiary/aromatic N) is 9. The summed E-state index contributed by atoms with van der Waals surface area (Å²) in [6, 6.07) is 178. The first-order valence-electron chi connectivity index (χ1n) is 47.0. The largest absolute Gasteiger partial charge is 0.309 e. The molecule has 28 aromatic rings. The molecule has 646 valence electrons. The lowest BCUT2D eigenvalue weighted by atomic mass is 10.00. The quantitative estimate of drug-likeness (QED) is 0.116. The first-order valence-corrected chi connectivity index (χ1v) is 47.0. The van der Waals surface area contributed by atoms with Gasteiger partial charge in [0.2, 0.25) is 0 Å². The van der Waals surface area contributed by atoms with Gasteiger partial charge < -0.3 is 13.7 Å². The minimum absolute atomic E-state index is 0.954. The van der Waals surface area contributed by atoms with Crippen molar-refractivity contribution in [3.05, 3.63) is 516 Å². The average Bonchev–Trinajstić information content (AvgIpc) is 1.58. The summed E-state index contributed by atoms with van der Waals surface area (Å²) in [6.07, 6.45) is 5.66. The first-order chi connectivity index (χ1) is 68.5. The maximum absolute atomic E-state index is 4.92. The minimum atomic E-state index is 0.954. The van der Waals surface area contributed by atoms with Gasteiger partial charge in [0.25, 0.3) is 0 Å². The van der Waals surface area contributed by atoms with E-state index >= 15 is 0 Å². The summed E-state index contributed by atoms with van der Waals surface area (Å²) in [7, 11) is 0. The molecule has 19 aromatic carbocycles. The fourth-order valence-corrected chi connectivity index (χ4v) is 21.3. The van der Waals surface area contributed by atoms with Crippen molar-refractivity contribution in [2.24, 2.45) is 0 Å². The Morgan fingerprint density at radius 2 is 0.348 bits per heavy atom. The van der Waals surface area contributed by atoms with Gasteiger partial charge in [-0.2, -0.15) is 0 Å². The van der Waals surface area contributed by atoms with Crippen LogP contribution >= 0.6 is 0 Å². The van der Waals surface area contributed by atoms with Crippen LogP contribution in [0.5, 0.6) is 0 Å². The van der Waals surface area contributed by atoms with Gasteiger partial charge >= 0.3 is 0 Å². The van der Waals surface area contributed by atoms with Gasteiger partial charge in [-0.15, -0.1) is 0 Å². The predicted molar refractivity (Wildman–Crippen MR) is 577 cm³/mol. The molecule has 28 rings (SSSR count). The van der Waals surface area contributed by atoms with E-state index in [4.69, 9.17) is 15.0 Å². The van der Waals surface area contributed by atoms with Gasteiger partial charge in [-0.1, -0.05) is 352 Å². The number of aromatic nitrogens is 9. The highest BCUT2D eigenvalue weighted by molar-refractivity contribution is 6.19. The molecule has 0 fully saturated rings. The topological polar surface area (TPSA) is 68.2 Å². The molecular formula is C129H85N9. The second-order valence-electron chi connectivity index (χ2n) is 35.3. The SMILES string of the molecule is c1ccc(-c2ccc(-n3c4cc(-c5cccc6c7ccccc7n(-c7ccccc7)c56)ccc4c4cccnc43)cc2)cc1.c1ccc(-c2ccc(-n3c4ccccc4c4cccc(-c5ccc6c7cccnc7n(-c7cccc(-c8ccccc8)c7)c6c5)c43)cc2)cc1.c1ccc(-c2cccc(-n3c4cc(-c5cccc6c7ccccc7n(-c7ccccc7)c56)ccc4c4cccnc43)c2)cc1. The number of pyridine rings is 3. The molecule has 0 amide bonds. The highest BCUT2D eigenvalue weighted by Gasteiger charge is 2.26. The number of hydrogen-bond acceptors (Lipinski definition) is 3. The van der Waals surface area contributed by atoms with Crippen molar-refractivity contribution < 1.29 is 0 Å². The number of para-hydroxylation sites is 8. The van der Waals surface area contributed by atoms with Gasteiger partial charge in [0, 0.05) is 134 Å². The fourth-order valence-electron chi connectivity index (χ4n) is 21.3. The Labute approximate surface area is 796 Å². The van der Waals surface area contributed by atoms with Gasteiger partial charge in [0.15, 0.2) is 0 Å². The van der Waals surface area contributed by atoms with E-state index in [1.165, 1.54) is 154 Å². The van der Waals surface area contributed by atoms with E-state index in [1.54, 1.807) is 0 Å². The van der Waals surface area contributed by atoms with Crippen LogP contribution in [0.2, 0.25) is 0 Å². The maximum atomic E-state index is 4.92. The normalized spacial score (nSPS) is 11.6. The standard InChI is InChI=1S/C47H31N3.2C41H27N3/c1-3-12-32(13-4-1)34-23-26-37(27-24-34)49-44-22-8-7-18-40(44)42-20-10-19-39(46(42)49)36-25-28-41-43-21-11-29-48-47(43)50(45(41)31-36)38-17-9-16-35(30-38)33-14-5-2-6-15-33;1-3-12-28(13-4-1)29-14-9-17-32(26-29)44-39-27-30(23-24-35(39)37-21-11-25-42-41(37)44)33-19-10-20-36-34-18-7-8-22-38(34)43(40(33)36)31-15-5-2-6-16-31;1-3-11-28(12-4-1)29-20-23-32(24-21-29)44-39-27-30(22-25-35(39)37-18-10-26-42-41(37)44)33-16-9-17-36-34-15-7-8-19-38(34)43(40(33)36)31-13-5-2-6-14-31/h1-31H;2*1-27H. The van der Waals surface area contributed by atoms with E-state index in [2.05, 4.69) is 507 Å². The number of fused-ring (bicyclic) bond motifs is 18. The van der Waals surface area contributed by atoms with Crippen LogP contribution < -0.4 is 0 Å². The summed E-state index contributed by atoms with van der Waals surface area (Å²) in [4.78, 5) is 14.7. The Kier molecular flexibility index (Phi) is 19.7. The second kappa shape index (κ2) is 33.9. The molecular weight excluding hydrogens is 1680 g/mol. The third-order valence-corrected chi connectivity index (χ3v) is 27.5. The molecule has 138 heavy (non-hydrogen) atoms. The molecule has 9 heteroatoms. The van der Waals surface area contributed by atoms with Crippen LogP contribution in [0.25, 0.3) is 243 Å². The van der Waals surface area contributed by atoms with Crippen LogP contribution in [-0.2, 0) is 0 Å². The lowest BCUT2D eigenvalue weighted by Gasteiger charge is -2.14. The van der Waals surface area contributed by atoms with E-state index in [-0.39, 0.29) is 0 Å². The fraction of sp³-hybridized carbons (Fsp3) is 0. The summed E-state index contributed by atoms with van der Waals surface area (Å²) < 4.78 is 14.2. The molecule has 0 aliphatic heterocycles. The molecule has 0 atom stereocenters. The van der Waals surface area contributed by atoms with Gasteiger partial charge in [0.05, 0.1) is 49.7 Å². The van der Waals surface area contributed by atoms with Crippen LogP contribution in [0.15, 0.2) is 516 Å². The van der Waals surface area contributed by atoms with E-state index in [0.717, 1.165) is 89.3 Å². The van der Waals surface area contributed by atoms with Gasteiger partial charge in [-0.3, -0.25) is 13.7 Å². The zero-order valence-corrected chi connectivity index (χ0v) is 75.1. The number of rotatable bonds is 13. The van der Waals surface area contributed by atoms with Crippen LogP contribution in [0.1, 0.15) is 0 Å². The Balaban J connectivity index is 0.000000107. The highest BCUT2D eigenvalue weighted by atomic mass is 15.1. The molecule has 0 aliphatic rings. The van der Waals surface area contributed by atoms with Crippen LogP contribution in [-0.4, -0.2) is 42.4 Å². The van der Waals surface area contributed by atoms with Crippen molar-refractivity contribution in [3.8, 4) is 112 Å². The zero-order valence-electron chi connectivity index (χ0n) is 75.1. The van der Waals surface area contributed by atoms with Crippen LogP contribution in [0, 0.1) is 0 Å². The molecule has 9 nitrogen and oxygen atoms in total. The van der Waals surface area contributed by atoms with E-state index < -0.39 is 0 Å². The molecule has 0 saturated carbocycles. The zero-order chi connectivity index (χ0) is 91.1. The molecule has 0 N–H and O–H groups in total. The van der Waals surface area contributed by atoms with E-state index in [1.807, 2.05) is 36.8 Å². The summed E-state index contributed by atoms with van der Waals surface area (Å²) in [5.41, 5.74) is 37.0. The predicted octanol–water partition coefficient (Wildman–Crippen LogP) is 33.5. The summed E-state index contributed by atoms with van der Waals surface area (Å²) in [5.74, 6) is 0. The molecule has 0 aliphatic carbocycles. The van der Waals surface area contributed by atoms with Gasteiger partial charge in [-0.25, -0.2) is 15.0 Å². The van der Waals surface area contributed by atoms with Crippen molar-refractivity contribution >= 4 is 131 Å².